The van der Waals surface area contributed by atoms with Crippen LogP contribution in [0.2, 0.25) is 0 Å². The van der Waals surface area contributed by atoms with Gasteiger partial charge in [-0.1, -0.05) is 13.0 Å². The first-order chi connectivity index (χ1) is 8.62. The summed E-state index contributed by atoms with van der Waals surface area (Å²) in [7, 11) is 1.49. The van der Waals surface area contributed by atoms with Crippen molar-refractivity contribution in [2.24, 2.45) is 5.84 Å². The van der Waals surface area contributed by atoms with Crippen LogP contribution in [-0.2, 0) is 4.79 Å². The van der Waals surface area contributed by atoms with Crippen molar-refractivity contribution >= 4 is 5.91 Å². The van der Waals surface area contributed by atoms with Crippen molar-refractivity contribution in [1.82, 2.24) is 5.43 Å². The van der Waals surface area contributed by atoms with E-state index >= 15 is 0 Å². The van der Waals surface area contributed by atoms with Crippen LogP contribution in [0, 0.1) is 0 Å². The summed E-state index contributed by atoms with van der Waals surface area (Å²) in [5.41, 5.74) is 2.71. The maximum absolute atomic E-state index is 11.0. The van der Waals surface area contributed by atoms with Gasteiger partial charge in [0.1, 0.15) is 0 Å². The molecule has 1 aromatic carbocycles. The lowest BCUT2D eigenvalue weighted by atomic mass is 10.1. The fraction of sp³-hybridized carbons (Fsp3) is 0.417. The standard InChI is InChI=1S/C12H18N2O4/c1-3-9(15)8-4-5-10(11(6-8)17-2)18-7-12(16)14-13/h4-6,9,15H,3,7,13H2,1-2H3,(H,14,16). The van der Waals surface area contributed by atoms with Crippen LogP contribution in [0.1, 0.15) is 25.0 Å². The van der Waals surface area contributed by atoms with E-state index in [2.05, 4.69) is 0 Å². The smallest absolute Gasteiger partial charge is 0.271 e. The highest BCUT2D eigenvalue weighted by Gasteiger charge is 2.11. The number of amides is 1. The minimum absolute atomic E-state index is 0.192. The van der Waals surface area contributed by atoms with E-state index < -0.39 is 12.0 Å². The SMILES string of the molecule is CCC(O)c1ccc(OCC(=O)NN)c(OC)c1. The van der Waals surface area contributed by atoms with Crippen molar-refractivity contribution in [1.29, 1.82) is 0 Å². The van der Waals surface area contributed by atoms with E-state index in [9.17, 15) is 9.90 Å². The number of aliphatic hydroxyl groups is 1. The summed E-state index contributed by atoms with van der Waals surface area (Å²) in [6.45, 7) is 1.69. The monoisotopic (exact) mass is 254 g/mol. The van der Waals surface area contributed by atoms with Gasteiger partial charge in [-0.3, -0.25) is 10.2 Å². The van der Waals surface area contributed by atoms with Crippen LogP contribution in [0.3, 0.4) is 0 Å². The Balaban J connectivity index is 2.83. The number of nitrogens with two attached hydrogens (primary N) is 1. The molecule has 1 aromatic rings. The second-order valence-electron chi connectivity index (χ2n) is 3.69. The van der Waals surface area contributed by atoms with E-state index in [0.717, 1.165) is 5.56 Å². The molecule has 6 nitrogen and oxygen atoms in total. The lowest BCUT2D eigenvalue weighted by molar-refractivity contribution is -0.123. The minimum Gasteiger partial charge on any atom is -0.493 e. The Morgan fingerprint density at radius 2 is 2.22 bits per heavy atom. The number of hydrogen-bond acceptors (Lipinski definition) is 5. The highest BCUT2D eigenvalue weighted by Crippen LogP contribution is 2.31. The third-order valence-corrected chi connectivity index (χ3v) is 2.48. The molecule has 1 atom stereocenters. The molecule has 0 aliphatic rings. The molecule has 6 heteroatoms. The van der Waals surface area contributed by atoms with Gasteiger partial charge >= 0.3 is 0 Å². The third-order valence-electron chi connectivity index (χ3n) is 2.48. The van der Waals surface area contributed by atoms with Gasteiger partial charge in [0.15, 0.2) is 18.1 Å². The first kappa shape index (κ1) is 14.3. The summed E-state index contributed by atoms with van der Waals surface area (Å²) in [5.74, 6) is 5.40. The van der Waals surface area contributed by atoms with Crippen LogP contribution in [0.15, 0.2) is 18.2 Å². The van der Waals surface area contributed by atoms with Crippen molar-refractivity contribution < 1.29 is 19.4 Å². The van der Waals surface area contributed by atoms with Gasteiger partial charge in [-0.05, 0) is 24.1 Å². The van der Waals surface area contributed by atoms with Crippen molar-refractivity contribution in [2.45, 2.75) is 19.4 Å². The molecular weight excluding hydrogens is 236 g/mol. The second-order valence-corrected chi connectivity index (χ2v) is 3.69. The van der Waals surface area contributed by atoms with Crippen molar-refractivity contribution in [3.05, 3.63) is 23.8 Å². The molecule has 18 heavy (non-hydrogen) atoms. The molecule has 0 saturated carbocycles. The Morgan fingerprint density at radius 3 is 2.78 bits per heavy atom. The maximum Gasteiger partial charge on any atom is 0.271 e. The van der Waals surface area contributed by atoms with E-state index in [0.29, 0.717) is 17.9 Å². The Hall–Kier alpha value is -1.79. The molecule has 1 amide bonds. The van der Waals surface area contributed by atoms with Crippen LogP contribution in [0.5, 0.6) is 11.5 Å². The fourth-order valence-electron chi connectivity index (χ4n) is 1.43. The highest BCUT2D eigenvalue weighted by atomic mass is 16.5. The van der Waals surface area contributed by atoms with E-state index in [4.69, 9.17) is 15.3 Å². The summed E-state index contributed by atoms with van der Waals surface area (Å²) in [6.07, 6.45) is 0.0687. The summed E-state index contributed by atoms with van der Waals surface area (Å²) >= 11 is 0. The number of rotatable bonds is 6. The van der Waals surface area contributed by atoms with Gasteiger partial charge in [0.25, 0.3) is 5.91 Å². The molecule has 0 spiro atoms. The Morgan fingerprint density at radius 1 is 1.50 bits per heavy atom. The summed E-state index contributed by atoms with van der Waals surface area (Å²) in [5, 5.41) is 9.72. The van der Waals surface area contributed by atoms with Gasteiger partial charge in [-0.15, -0.1) is 0 Å². The van der Waals surface area contributed by atoms with Crippen LogP contribution in [0.25, 0.3) is 0 Å². The van der Waals surface area contributed by atoms with Gasteiger partial charge in [0, 0.05) is 0 Å². The summed E-state index contributed by atoms with van der Waals surface area (Å²) in [4.78, 5) is 11.0. The topological polar surface area (TPSA) is 93.8 Å². The van der Waals surface area contributed by atoms with E-state index in [1.165, 1.54) is 7.11 Å². The number of carbonyl (C=O) groups excluding carboxylic acids is 1. The maximum atomic E-state index is 11.0. The molecule has 1 unspecified atom stereocenters. The number of hydrogen-bond donors (Lipinski definition) is 3. The second kappa shape index (κ2) is 6.83. The average molecular weight is 254 g/mol. The largest absolute Gasteiger partial charge is 0.493 e. The molecular formula is C12H18N2O4. The molecule has 1 rings (SSSR count). The number of aliphatic hydroxyl groups excluding tert-OH is 1. The van der Waals surface area contributed by atoms with Crippen LogP contribution in [-0.4, -0.2) is 24.7 Å². The Labute approximate surface area is 106 Å². The molecule has 0 bridgehead atoms. The Kier molecular flexibility index (Phi) is 5.41. The zero-order valence-corrected chi connectivity index (χ0v) is 10.5. The third kappa shape index (κ3) is 3.61. The zero-order valence-electron chi connectivity index (χ0n) is 10.5. The Bertz CT molecular complexity index is 409. The fourth-order valence-corrected chi connectivity index (χ4v) is 1.43. The highest BCUT2D eigenvalue weighted by molar-refractivity contribution is 5.76. The molecule has 0 aliphatic carbocycles. The first-order valence-corrected chi connectivity index (χ1v) is 5.60. The lowest BCUT2D eigenvalue weighted by Gasteiger charge is -2.13. The predicted molar refractivity (Wildman–Crippen MR) is 66.1 cm³/mol. The molecule has 0 radical (unpaired) electrons. The number of carbonyl (C=O) groups is 1. The van der Waals surface area contributed by atoms with Gasteiger partial charge in [0.05, 0.1) is 13.2 Å². The summed E-state index contributed by atoms with van der Waals surface area (Å²) < 4.78 is 10.4. The first-order valence-electron chi connectivity index (χ1n) is 5.60. The minimum atomic E-state index is -0.541. The van der Waals surface area contributed by atoms with Crippen LogP contribution < -0.4 is 20.7 Å². The molecule has 0 fully saturated rings. The van der Waals surface area contributed by atoms with Crippen LogP contribution in [0.4, 0.5) is 0 Å². The molecule has 4 N–H and O–H groups in total. The van der Waals surface area contributed by atoms with Crippen LogP contribution >= 0.6 is 0 Å². The normalized spacial score (nSPS) is 11.8. The van der Waals surface area contributed by atoms with Gasteiger partial charge in [-0.2, -0.15) is 0 Å². The molecule has 0 saturated heterocycles. The molecule has 0 aromatic heterocycles. The number of methoxy groups -OCH3 is 1. The lowest BCUT2D eigenvalue weighted by Crippen LogP contribution is -2.34. The molecule has 0 heterocycles. The zero-order chi connectivity index (χ0) is 13.5. The van der Waals surface area contributed by atoms with Gasteiger partial charge in [0.2, 0.25) is 0 Å². The van der Waals surface area contributed by atoms with Gasteiger partial charge < -0.3 is 14.6 Å². The molecule has 100 valence electrons. The van der Waals surface area contributed by atoms with Crippen molar-refractivity contribution in [3.63, 3.8) is 0 Å². The van der Waals surface area contributed by atoms with E-state index in [1.807, 2.05) is 12.3 Å². The number of ether oxygens (including phenoxy) is 2. The number of benzene rings is 1. The van der Waals surface area contributed by atoms with Gasteiger partial charge in [-0.25, -0.2) is 5.84 Å². The molecule has 0 aliphatic heterocycles. The quantitative estimate of drug-likeness (QED) is 0.390. The van der Waals surface area contributed by atoms with Crippen molar-refractivity contribution in [3.8, 4) is 11.5 Å². The summed E-state index contributed by atoms with van der Waals surface area (Å²) in [6, 6.07) is 5.06. The van der Waals surface area contributed by atoms with E-state index in [1.54, 1.807) is 18.2 Å². The average Bonchev–Trinajstić information content (AvgIpc) is 2.43. The van der Waals surface area contributed by atoms with E-state index in [-0.39, 0.29) is 6.61 Å². The number of hydrazine groups is 1. The number of nitrogens with one attached hydrogen (secondary N) is 1. The predicted octanol–water partition coefficient (Wildman–Crippen LogP) is 0.507. The van der Waals surface area contributed by atoms with Crippen molar-refractivity contribution in [2.75, 3.05) is 13.7 Å².